The van der Waals surface area contributed by atoms with Crippen molar-refractivity contribution in [2.24, 2.45) is 0 Å². The quantitative estimate of drug-likeness (QED) is 0.591. The number of esters is 1. The fourth-order valence-electron chi connectivity index (χ4n) is 0.939. The van der Waals surface area contributed by atoms with Crippen LogP contribution in [-0.4, -0.2) is 17.3 Å². The summed E-state index contributed by atoms with van der Waals surface area (Å²) in [4.78, 5) is 21.2. The number of rotatable bonds is 4. The lowest BCUT2D eigenvalue weighted by molar-refractivity contribution is -0.255. The lowest BCUT2D eigenvalue weighted by Gasteiger charge is -2.05. The summed E-state index contributed by atoms with van der Waals surface area (Å²) in [6.07, 6.45) is 0. The zero-order chi connectivity index (χ0) is 11.3. The first-order chi connectivity index (χ1) is 7.13. The summed E-state index contributed by atoms with van der Waals surface area (Å²) >= 11 is 2.96. The van der Waals surface area contributed by atoms with Crippen LogP contribution in [0.4, 0.5) is 0 Å². The molecule has 0 N–H and O–H groups in total. The molecule has 0 atom stereocenters. The summed E-state index contributed by atoms with van der Waals surface area (Å²) in [6, 6.07) is 5.97. The SMILES string of the molecule is O=C(CBr)OCc1ccc(C(=O)[O-])cc1. The van der Waals surface area contributed by atoms with E-state index >= 15 is 0 Å². The van der Waals surface area contributed by atoms with Gasteiger partial charge in [0, 0.05) is 0 Å². The Hall–Kier alpha value is -1.36. The van der Waals surface area contributed by atoms with Gasteiger partial charge in [-0.2, -0.15) is 0 Å². The molecule has 0 amide bonds. The Balaban J connectivity index is 2.57. The maximum atomic E-state index is 10.8. The van der Waals surface area contributed by atoms with Crippen molar-refractivity contribution >= 4 is 27.9 Å². The van der Waals surface area contributed by atoms with Gasteiger partial charge in [-0.05, 0) is 11.1 Å². The monoisotopic (exact) mass is 271 g/mol. The average Bonchev–Trinajstić information content (AvgIpc) is 2.26. The summed E-state index contributed by atoms with van der Waals surface area (Å²) in [7, 11) is 0. The highest BCUT2D eigenvalue weighted by Gasteiger charge is 2.00. The fourth-order valence-corrected chi connectivity index (χ4v) is 1.10. The number of hydrogen-bond acceptors (Lipinski definition) is 4. The molecule has 1 aromatic carbocycles. The van der Waals surface area contributed by atoms with Crippen LogP contribution in [0.5, 0.6) is 0 Å². The van der Waals surface area contributed by atoms with Crippen molar-refractivity contribution < 1.29 is 19.4 Å². The van der Waals surface area contributed by atoms with Gasteiger partial charge in [0.15, 0.2) is 0 Å². The van der Waals surface area contributed by atoms with Gasteiger partial charge in [-0.25, -0.2) is 0 Å². The molecule has 80 valence electrons. The molecule has 0 unspecified atom stereocenters. The average molecular weight is 272 g/mol. The summed E-state index contributed by atoms with van der Waals surface area (Å²) in [5.74, 6) is -1.59. The van der Waals surface area contributed by atoms with Crippen molar-refractivity contribution in [3.63, 3.8) is 0 Å². The number of aromatic carboxylic acids is 1. The van der Waals surface area contributed by atoms with E-state index in [0.29, 0.717) is 0 Å². The van der Waals surface area contributed by atoms with Gasteiger partial charge in [0.2, 0.25) is 0 Å². The Bertz CT molecular complexity index is 358. The van der Waals surface area contributed by atoms with Crippen molar-refractivity contribution in [3.05, 3.63) is 35.4 Å². The molecule has 0 saturated carbocycles. The normalized spacial score (nSPS) is 9.67. The van der Waals surface area contributed by atoms with Gasteiger partial charge in [-0.3, -0.25) is 4.79 Å². The first kappa shape index (κ1) is 11.7. The van der Waals surface area contributed by atoms with Crippen LogP contribution in [0.3, 0.4) is 0 Å². The minimum Gasteiger partial charge on any atom is -0.545 e. The summed E-state index contributed by atoms with van der Waals surface area (Å²) < 4.78 is 4.83. The predicted octanol–water partition coefficient (Wildman–Crippen LogP) is 0.488. The van der Waals surface area contributed by atoms with Crippen molar-refractivity contribution in [1.29, 1.82) is 0 Å². The van der Waals surface area contributed by atoms with Crippen LogP contribution in [0.2, 0.25) is 0 Å². The third kappa shape index (κ3) is 3.71. The molecule has 0 aromatic heterocycles. The molecular weight excluding hydrogens is 264 g/mol. The van der Waals surface area contributed by atoms with Gasteiger partial charge >= 0.3 is 5.97 Å². The highest BCUT2D eigenvalue weighted by molar-refractivity contribution is 9.09. The Morgan fingerprint density at radius 1 is 1.27 bits per heavy atom. The second-order valence-electron chi connectivity index (χ2n) is 2.78. The van der Waals surface area contributed by atoms with Crippen LogP contribution in [0, 0.1) is 0 Å². The van der Waals surface area contributed by atoms with Crippen molar-refractivity contribution in [1.82, 2.24) is 0 Å². The molecule has 15 heavy (non-hydrogen) atoms. The zero-order valence-corrected chi connectivity index (χ0v) is 9.32. The molecule has 0 aliphatic rings. The number of carboxylic acid groups (broad SMARTS) is 1. The molecule has 5 heteroatoms. The lowest BCUT2D eigenvalue weighted by Crippen LogP contribution is -2.22. The summed E-state index contributed by atoms with van der Waals surface area (Å²) in [6.45, 7) is 0.137. The third-order valence-corrected chi connectivity index (χ3v) is 2.16. The maximum Gasteiger partial charge on any atom is 0.316 e. The fraction of sp³-hybridized carbons (Fsp3) is 0.200. The van der Waals surface area contributed by atoms with E-state index in [0.717, 1.165) is 5.56 Å². The van der Waals surface area contributed by atoms with Crippen LogP contribution in [0.1, 0.15) is 15.9 Å². The second kappa shape index (κ2) is 5.50. The number of alkyl halides is 1. The molecule has 0 aliphatic heterocycles. The van der Waals surface area contributed by atoms with E-state index in [9.17, 15) is 14.7 Å². The van der Waals surface area contributed by atoms with Crippen LogP contribution < -0.4 is 5.11 Å². The Morgan fingerprint density at radius 2 is 1.87 bits per heavy atom. The Labute approximate surface area is 95.0 Å². The van der Waals surface area contributed by atoms with Gasteiger partial charge in [0.05, 0.1) is 5.97 Å². The summed E-state index contributed by atoms with van der Waals surface area (Å²) in [5.41, 5.74) is 0.833. The predicted molar refractivity (Wildman–Crippen MR) is 54.4 cm³/mol. The number of hydrogen-bond donors (Lipinski definition) is 0. The number of carbonyl (C=O) groups is 2. The molecule has 0 saturated heterocycles. The zero-order valence-electron chi connectivity index (χ0n) is 7.73. The van der Waals surface area contributed by atoms with Crippen LogP contribution >= 0.6 is 15.9 Å². The number of halogens is 1. The van der Waals surface area contributed by atoms with E-state index in [1.165, 1.54) is 12.1 Å². The van der Waals surface area contributed by atoms with Gasteiger partial charge in [-0.1, -0.05) is 40.2 Å². The van der Waals surface area contributed by atoms with Gasteiger partial charge in [0.1, 0.15) is 11.9 Å². The number of carbonyl (C=O) groups excluding carboxylic acids is 2. The number of ether oxygens (including phenoxy) is 1. The third-order valence-electron chi connectivity index (χ3n) is 1.70. The molecule has 0 heterocycles. The molecule has 1 rings (SSSR count). The van der Waals surface area contributed by atoms with Crippen LogP contribution in [0.15, 0.2) is 24.3 Å². The molecule has 0 fully saturated rings. The molecule has 1 aromatic rings. The van der Waals surface area contributed by atoms with Gasteiger partial charge in [0.25, 0.3) is 0 Å². The molecule has 4 nitrogen and oxygen atoms in total. The van der Waals surface area contributed by atoms with E-state index in [2.05, 4.69) is 15.9 Å². The van der Waals surface area contributed by atoms with E-state index < -0.39 is 5.97 Å². The Morgan fingerprint density at radius 3 is 2.33 bits per heavy atom. The van der Waals surface area contributed by atoms with Crippen LogP contribution in [0.25, 0.3) is 0 Å². The molecule has 0 bridgehead atoms. The van der Waals surface area contributed by atoms with Crippen molar-refractivity contribution in [2.45, 2.75) is 6.61 Å². The van der Waals surface area contributed by atoms with Crippen LogP contribution in [-0.2, 0) is 16.1 Å². The first-order valence-corrected chi connectivity index (χ1v) is 5.27. The number of benzene rings is 1. The summed E-state index contributed by atoms with van der Waals surface area (Å²) in [5, 5.41) is 10.6. The highest BCUT2D eigenvalue weighted by atomic mass is 79.9. The number of carboxylic acids is 1. The van der Waals surface area contributed by atoms with E-state index in [1.54, 1.807) is 12.1 Å². The second-order valence-corrected chi connectivity index (χ2v) is 3.34. The topological polar surface area (TPSA) is 66.4 Å². The Kier molecular flexibility index (Phi) is 4.30. The largest absolute Gasteiger partial charge is 0.545 e. The molecule has 0 spiro atoms. The minimum absolute atomic E-state index is 0.102. The smallest absolute Gasteiger partial charge is 0.316 e. The van der Waals surface area contributed by atoms with Gasteiger partial charge < -0.3 is 14.6 Å². The van der Waals surface area contributed by atoms with E-state index in [-0.39, 0.29) is 23.5 Å². The van der Waals surface area contributed by atoms with Crippen molar-refractivity contribution in [3.8, 4) is 0 Å². The first-order valence-electron chi connectivity index (χ1n) is 4.15. The molecular formula is C10H8BrO4-. The maximum absolute atomic E-state index is 10.8. The highest BCUT2D eigenvalue weighted by Crippen LogP contribution is 2.05. The van der Waals surface area contributed by atoms with Crippen molar-refractivity contribution in [2.75, 3.05) is 5.33 Å². The van der Waals surface area contributed by atoms with Gasteiger partial charge in [-0.15, -0.1) is 0 Å². The molecule has 0 aliphatic carbocycles. The van der Waals surface area contributed by atoms with E-state index in [1.807, 2.05) is 0 Å². The van der Waals surface area contributed by atoms with E-state index in [4.69, 9.17) is 4.74 Å². The standard InChI is InChI=1S/C10H9BrO4/c11-5-9(12)15-6-7-1-3-8(4-2-7)10(13)14/h1-4H,5-6H2,(H,13,14)/p-1. The lowest BCUT2D eigenvalue weighted by atomic mass is 10.1. The minimum atomic E-state index is -1.22. The molecule has 0 radical (unpaired) electrons.